The molecule has 7 heteroatoms. The lowest BCUT2D eigenvalue weighted by Gasteiger charge is -2.07. The second-order valence-corrected chi connectivity index (χ2v) is 4.30. The highest BCUT2D eigenvalue weighted by Gasteiger charge is 2.14. The first-order valence-corrected chi connectivity index (χ1v) is 6.28. The fourth-order valence-corrected chi connectivity index (χ4v) is 1.81. The van der Waals surface area contributed by atoms with E-state index in [-0.39, 0.29) is 18.7 Å². The molecule has 1 heterocycles. The zero-order valence-corrected chi connectivity index (χ0v) is 11.7. The van der Waals surface area contributed by atoms with Crippen molar-refractivity contribution in [1.82, 2.24) is 10.1 Å². The lowest BCUT2D eigenvalue weighted by Crippen LogP contribution is -2.09. The van der Waals surface area contributed by atoms with E-state index in [1.165, 1.54) is 0 Å². The molecule has 1 aromatic carbocycles. The van der Waals surface area contributed by atoms with Gasteiger partial charge in [-0.05, 0) is 18.2 Å². The number of nitriles is 1. The van der Waals surface area contributed by atoms with Gasteiger partial charge in [-0.1, -0.05) is 5.16 Å². The number of rotatable bonds is 6. The summed E-state index contributed by atoms with van der Waals surface area (Å²) in [7, 11) is 3.10. The summed E-state index contributed by atoms with van der Waals surface area (Å²) in [5, 5.41) is 21.9. The Bertz CT molecular complexity index is 648. The molecule has 0 saturated heterocycles. The Kier molecular flexibility index (Phi) is 4.74. The summed E-state index contributed by atoms with van der Waals surface area (Å²) in [6.45, 7) is 0. The van der Waals surface area contributed by atoms with E-state index < -0.39 is 6.10 Å². The van der Waals surface area contributed by atoms with Crippen LogP contribution in [-0.2, 0) is 6.42 Å². The van der Waals surface area contributed by atoms with E-state index in [0.29, 0.717) is 22.9 Å². The van der Waals surface area contributed by atoms with Gasteiger partial charge in [0.1, 0.15) is 0 Å². The van der Waals surface area contributed by atoms with Crippen molar-refractivity contribution in [2.75, 3.05) is 14.2 Å². The molecule has 1 N–H and O–H groups in total. The Morgan fingerprint density at radius 3 is 2.76 bits per heavy atom. The van der Waals surface area contributed by atoms with Crippen molar-refractivity contribution < 1.29 is 19.1 Å². The van der Waals surface area contributed by atoms with Gasteiger partial charge in [-0.3, -0.25) is 0 Å². The molecule has 0 spiro atoms. The topological polar surface area (TPSA) is 101 Å². The lowest BCUT2D eigenvalue weighted by molar-refractivity contribution is 0.167. The number of nitrogens with zero attached hydrogens (tertiary/aromatic N) is 3. The van der Waals surface area contributed by atoms with E-state index in [1.54, 1.807) is 32.4 Å². The molecule has 110 valence electrons. The highest BCUT2D eigenvalue weighted by molar-refractivity contribution is 5.60. The molecule has 1 unspecified atom stereocenters. The average Bonchev–Trinajstić information content (AvgIpc) is 2.95. The predicted octanol–water partition coefficient (Wildman–Crippen LogP) is 1.57. The van der Waals surface area contributed by atoms with E-state index in [0.717, 1.165) is 0 Å². The van der Waals surface area contributed by atoms with Crippen molar-refractivity contribution in [1.29, 1.82) is 5.26 Å². The minimum atomic E-state index is -0.811. The quantitative estimate of drug-likeness (QED) is 0.861. The summed E-state index contributed by atoms with van der Waals surface area (Å²) < 4.78 is 15.4. The number of methoxy groups -OCH3 is 2. The molecule has 0 aliphatic heterocycles. The molecule has 1 aromatic heterocycles. The molecular formula is C14H15N3O4. The summed E-state index contributed by atoms with van der Waals surface area (Å²) in [5.74, 6) is 1.83. The SMILES string of the molecule is COc1ccc(-c2noc(CC(O)CC#N)n2)cc1OC. The van der Waals surface area contributed by atoms with Crippen molar-refractivity contribution in [2.45, 2.75) is 18.9 Å². The van der Waals surface area contributed by atoms with E-state index in [1.807, 2.05) is 6.07 Å². The van der Waals surface area contributed by atoms with Crippen molar-refractivity contribution in [3.05, 3.63) is 24.1 Å². The minimum Gasteiger partial charge on any atom is -0.493 e. The van der Waals surface area contributed by atoms with Crippen molar-refractivity contribution in [3.63, 3.8) is 0 Å². The van der Waals surface area contributed by atoms with Gasteiger partial charge < -0.3 is 19.1 Å². The average molecular weight is 289 g/mol. The fraction of sp³-hybridized carbons (Fsp3) is 0.357. The first-order chi connectivity index (χ1) is 10.2. The Hall–Kier alpha value is -2.59. The van der Waals surface area contributed by atoms with Crippen LogP contribution in [0.3, 0.4) is 0 Å². The van der Waals surface area contributed by atoms with Crippen LogP contribution in [0, 0.1) is 11.3 Å². The zero-order chi connectivity index (χ0) is 15.2. The molecule has 0 aliphatic rings. The number of hydrogen-bond acceptors (Lipinski definition) is 7. The number of aliphatic hydroxyl groups excluding tert-OH is 1. The molecule has 0 amide bonds. The molecule has 0 aliphatic carbocycles. The van der Waals surface area contributed by atoms with Crippen LogP contribution >= 0.6 is 0 Å². The third-order valence-electron chi connectivity index (χ3n) is 2.85. The smallest absolute Gasteiger partial charge is 0.229 e. The molecule has 21 heavy (non-hydrogen) atoms. The molecule has 0 fully saturated rings. The van der Waals surface area contributed by atoms with Crippen LogP contribution in [0.25, 0.3) is 11.4 Å². The van der Waals surface area contributed by atoms with E-state index >= 15 is 0 Å². The standard InChI is InChI=1S/C14H15N3O4/c1-19-11-4-3-9(7-12(11)20-2)14-16-13(21-17-14)8-10(18)5-6-15/h3-4,7,10,18H,5,8H2,1-2H3. The van der Waals surface area contributed by atoms with Crippen LogP contribution in [0.5, 0.6) is 11.5 Å². The van der Waals surface area contributed by atoms with Gasteiger partial charge >= 0.3 is 0 Å². The second kappa shape index (κ2) is 6.72. The second-order valence-electron chi connectivity index (χ2n) is 4.30. The Balaban J connectivity index is 2.19. The van der Waals surface area contributed by atoms with Gasteiger partial charge in [0.15, 0.2) is 11.5 Å². The summed E-state index contributed by atoms with van der Waals surface area (Å²) in [4.78, 5) is 4.19. The van der Waals surface area contributed by atoms with Crippen molar-refractivity contribution in [2.24, 2.45) is 0 Å². The first-order valence-electron chi connectivity index (χ1n) is 6.28. The lowest BCUT2D eigenvalue weighted by atomic mass is 10.2. The van der Waals surface area contributed by atoms with Crippen molar-refractivity contribution in [3.8, 4) is 29.0 Å². The summed E-state index contributed by atoms with van der Waals surface area (Å²) in [5.41, 5.74) is 0.706. The third kappa shape index (κ3) is 3.49. The molecule has 0 radical (unpaired) electrons. The number of ether oxygens (including phenoxy) is 2. The normalized spacial score (nSPS) is 11.7. The summed E-state index contributed by atoms with van der Waals surface area (Å²) >= 11 is 0. The van der Waals surface area contributed by atoms with Gasteiger partial charge in [0.25, 0.3) is 0 Å². The van der Waals surface area contributed by atoms with E-state index in [9.17, 15) is 5.11 Å². The monoisotopic (exact) mass is 289 g/mol. The van der Waals surface area contributed by atoms with E-state index in [2.05, 4.69) is 10.1 Å². The molecular weight excluding hydrogens is 274 g/mol. The maximum atomic E-state index is 9.55. The molecule has 0 saturated carbocycles. The van der Waals surface area contributed by atoms with Crippen LogP contribution in [0.4, 0.5) is 0 Å². The number of hydrogen-bond donors (Lipinski definition) is 1. The first kappa shape index (κ1) is 14.8. The van der Waals surface area contributed by atoms with Crippen LogP contribution < -0.4 is 9.47 Å². The maximum Gasteiger partial charge on any atom is 0.229 e. The van der Waals surface area contributed by atoms with Crippen LogP contribution in [-0.4, -0.2) is 35.6 Å². The van der Waals surface area contributed by atoms with Gasteiger partial charge in [-0.25, -0.2) is 0 Å². The zero-order valence-electron chi connectivity index (χ0n) is 11.7. The minimum absolute atomic E-state index is 0.0219. The molecule has 2 rings (SSSR count). The van der Waals surface area contributed by atoms with Gasteiger partial charge in [0, 0.05) is 5.56 Å². The number of benzene rings is 1. The highest BCUT2D eigenvalue weighted by Crippen LogP contribution is 2.31. The summed E-state index contributed by atoms with van der Waals surface area (Å²) in [6.07, 6.45) is -0.643. The van der Waals surface area contributed by atoms with Gasteiger partial charge in [-0.2, -0.15) is 10.2 Å². The van der Waals surface area contributed by atoms with Crippen LogP contribution in [0.1, 0.15) is 12.3 Å². The molecule has 1 atom stereocenters. The third-order valence-corrected chi connectivity index (χ3v) is 2.85. The van der Waals surface area contributed by atoms with Gasteiger partial charge in [0.2, 0.25) is 11.7 Å². The van der Waals surface area contributed by atoms with Crippen LogP contribution in [0.15, 0.2) is 22.7 Å². The van der Waals surface area contributed by atoms with Crippen molar-refractivity contribution >= 4 is 0 Å². The predicted molar refractivity (Wildman–Crippen MR) is 72.8 cm³/mol. The molecule has 2 aromatic rings. The Morgan fingerprint density at radius 2 is 2.10 bits per heavy atom. The summed E-state index contributed by atoms with van der Waals surface area (Å²) in [6, 6.07) is 7.14. The number of aliphatic hydroxyl groups is 1. The number of aromatic nitrogens is 2. The highest BCUT2D eigenvalue weighted by atomic mass is 16.5. The fourth-order valence-electron chi connectivity index (χ4n) is 1.81. The van der Waals surface area contributed by atoms with Gasteiger partial charge in [-0.15, -0.1) is 0 Å². The van der Waals surface area contributed by atoms with Gasteiger partial charge in [0.05, 0.1) is 39.2 Å². The molecule has 0 bridgehead atoms. The molecule has 7 nitrogen and oxygen atoms in total. The largest absolute Gasteiger partial charge is 0.493 e. The van der Waals surface area contributed by atoms with Crippen LogP contribution in [0.2, 0.25) is 0 Å². The Labute approximate surface area is 121 Å². The maximum absolute atomic E-state index is 9.55. The van der Waals surface area contributed by atoms with E-state index in [4.69, 9.17) is 19.3 Å². The Morgan fingerprint density at radius 1 is 1.33 bits per heavy atom.